The van der Waals surface area contributed by atoms with Crippen LogP contribution in [-0.4, -0.2) is 11.5 Å². The van der Waals surface area contributed by atoms with Crippen LogP contribution < -0.4 is 18.9 Å². The van der Waals surface area contributed by atoms with E-state index in [1.807, 2.05) is 23.5 Å². The van der Waals surface area contributed by atoms with Crippen LogP contribution in [0.15, 0.2) is 0 Å². The van der Waals surface area contributed by atoms with Crippen molar-refractivity contribution in [2.45, 2.75) is 19.8 Å². The van der Waals surface area contributed by atoms with Gasteiger partial charge >= 0.3 is 18.9 Å². The van der Waals surface area contributed by atoms with Crippen LogP contribution in [0.25, 0.3) is 0 Å². The standard InChI is InChI=1S/C6H11S2.Li/c1-2-6-7-4-3-5-8-6;/h2-5H2,1H3;/q-1;+1. The third kappa shape index (κ3) is 3.88. The maximum Gasteiger partial charge on any atom is 1.00 e. The summed E-state index contributed by atoms with van der Waals surface area (Å²) in [5.74, 6) is 2.71. The van der Waals surface area contributed by atoms with Crippen LogP contribution in [0.2, 0.25) is 0 Å². The largest absolute Gasteiger partial charge is 1.00 e. The minimum absolute atomic E-state index is 0. The molecule has 48 valence electrons. The van der Waals surface area contributed by atoms with E-state index in [1.165, 1.54) is 24.3 Å². The van der Waals surface area contributed by atoms with Crippen molar-refractivity contribution in [3.05, 3.63) is 4.58 Å². The fourth-order valence-corrected chi connectivity index (χ4v) is 3.13. The molecule has 0 N–H and O–H groups in total. The van der Waals surface area contributed by atoms with Crippen molar-refractivity contribution in [3.63, 3.8) is 0 Å². The molecular weight excluding hydrogens is 143 g/mol. The van der Waals surface area contributed by atoms with Gasteiger partial charge in [0.15, 0.2) is 0 Å². The van der Waals surface area contributed by atoms with Gasteiger partial charge in [-0.3, -0.25) is 0 Å². The van der Waals surface area contributed by atoms with Gasteiger partial charge in [0.25, 0.3) is 0 Å². The molecule has 1 fully saturated rings. The smallest absolute Gasteiger partial charge is 0.337 e. The molecule has 0 aromatic heterocycles. The Morgan fingerprint density at radius 2 is 1.89 bits per heavy atom. The van der Waals surface area contributed by atoms with E-state index in [0.717, 1.165) is 0 Å². The molecule has 0 aromatic carbocycles. The van der Waals surface area contributed by atoms with Crippen molar-refractivity contribution in [1.29, 1.82) is 0 Å². The van der Waals surface area contributed by atoms with Crippen LogP contribution in [0.5, 0.6) is 0 Å². The van der Waals surface area contributed by atoms with E-state index in [0.29, 0.717) is 0 Å². The van der Waals surface area contributed by atoms with Crippen LogP contribution in [0.3, 0.4) is 0 Å². The third-order valence-electron chi connectivity index (χ3n) is 1.10. The first-order chi connectivity index (χ1) is 3.93. The van der Waals surface area contributed by atoms with Crippen molar-refractivity contribution >= 4 is 23.5 Å². The molecule has 0 atom stereocenters. The number of hydrogen-bond donors (Lipinski definition) is 0. The van der Waals surface area contributed by atoms with Gasteiger partial charge in [-0.25, -0.2) is 4.58 Å². The predicted molar refractivity (Wildman–Crippen MR) is 43.1 cm³/mol. The summed E-state index contributed by atoms with van der Waals surface area (Å²) in [6.07, 6.45) is 2.66. The molecular formula is C6H11LiS2. The Balaban J connectivity index is 0.000000640. The van der Waals surface area contributed by atoms with Crippen LogP contribution in [0.4, 0.5) is 0 Å². The minimum atomic E-state index is 0. The van der Waals surface area contributed by atoms with E-state index in [1.54, 1.807) is 4.58 Å². The zero-order valence-corrected chi connectivity index (χ0v) is 7.78. The second kappa shape index (κ2) is 6.04. The molecule has 1 heterocycles. The van der Waals surface area contributed by atoms with Crippen LogP contribution in [0, 0.1) is 4.58 Å². The SMILES string of the molecule is CC[C-]1SCCCS1.[Li+]. The zero-order chi connectivity index (χ0) is 5.82. The fraction of sp³-hybridized carbons (Fsp3) is 0.833. The molecule has 0 bridgehead atoms. The molecule has 0 amide bonds. The Hall–Kier alpha value is 1.30. The molecule has 0 spiro atoms. The first kappa shape index (κ1) is 10.3. The minimum Gasteiger partial charge on any atom is -0.337 e. The molecule has 0 aliphatic carbocycles. The summed E-state index contributed by atoms with van der Waals surface area (Å²) in [5, 5.41) is 0. The second-order valence-electron chi connectivity index (χ2n) is 1.78. The van der Waals surface area contributed by atoms with Crippen molar-refractivity contribution < 1.29 is 18.9 Å². The summed E-state index contributed by atoms with van der Waals surface area (Å²) in [5.41, 5.74) is 0. The van der Waals surface area contributed by atoms with E-state index < -0.39 is 0 Å². The van der Waals surface area contributed by atoms with Gasteiger partial charge in [0, 0.05) is 0 Å². The molecule has 3 heteroatoms. The van der Waals surface area contributed by atoms with E-state index in [-0.39, 0.29) is 18.9 Å². The van der Waals surface area contributed by atoms with Gasteiger partial charge in [-0.15, -0.1) is 0 Å². The molecule has 1 aliphatic heterocycles. The number of rotatable bonds is 1. The number of thioether (sulfide) groups is 2. The third-order valence-corrected chi connectivity index (χ3v) is 4.02. The summed E-state index contributed by atoms with van der Waals surface area (Å²) in [6, 6.07) is 0. The molecule has 0 radical (unpaired) electrons. The Labute approximate surface area is 78.1 Å². The molecule has 0 saturated carbocycles. The molecule has 1 aliphatic rings. The summed E-state index contributed by atoms with van der Waals surface area (Å²) in [4.78, 5) is 0. The maximum atomic E-state index is 2.24. The molecule has 9 heavy (non-hydrogen) atoms. The van der Waals surface area contributed by atoms with Crippen LogP contribution in [0.1, 0.15) is 19.8 Å². The summed E-state index contributed by atoms with van der Waals surface area (Å²) in [7, 11) is 0. The average molecular weight is 154 g/mol. The van der Waals surface area contributed by atoms with Gasteiger partial charge in [0.05, 0.1) is 0 Å². The van der Waals surface area contributed by atoms with Crippen molar-refractivity contribution in [2.75, 3.05) is 11.5 Å². The van der Waals surface area contributed by atoms with Gasteiger partial charge < -0.3 is 23.5 Å². The van der Waals surface area contributed by atoms with E-state index in [4.69, 9.17) is 0 Å². The first-order valence-electron chi connectivity index (χ1n) is 3.05. The van der Waals surface area contributed by atoms with Crippen molar-refractivity contribution in [3.8, 4) is 0 Å². The molecule has 1 saturated heterocycles. The van der Waals surface area contributed by atoms with E-state index in [9.17, 15) is 0 Å². The first-order valence-corrected chi connectivity index (χ1v) is 5.02. The van der Waals surface area contributed by atoms with Gasteiger partial charge in [-0.2, -0.15) is 6.42 Å². The van der Waals surface area contributed by atoms with Crippen molar-refractivity contribution in [2.24, 2.45) is 0 Å². The van der Waals surface area contributed by atoms with Gasteiger partial charge in [-0.1, -0.05) is 6.92 Å². The number of hydrogen-bond acceptors (Lipinski definition) is 2. The van der Waals surface area contributed by atoms with E-state index in [2.05, 4.69) is 6.92 Å². The average Bonchev–Trinajstić information content (AvgIpc) is 1.90. The van der Waals surface area contributed by atoms with Gasteiger partial charge in [-0.05, 0) is 17.9 Å². The van der Waals surface area contributed by atoms with Gasteiger partial charge in [0.2, 0.25) is 0 Å². The van der Waals surface area contributed by atoms with Gasteiger partial charge in [0.1, 0.15) is 0 Å². The van der Waals surface area contributed by atoms with Crippen LogP contribution in [-0.2, 0) is 0 Å². The molecule has 0 aromatic rings. The predicted octanol–water partition coefficient (Wildman–Crippen LogP) is -0.240. The molecule has 1 rings (SSSR count). The normalized spacial score (nSPS) is 21.0. The topological polar surface area (TPSA) is 0 Å². The Morgan fingerprint density at radius 1 is 1.33 bits per heavy atom. The quantitative estimate of drug-likeness (QED) is 0.378. The molecule has 0 nitrogen and oxygen atoms in total. The Morgan fingerprint density at radius 3 is 2.22 bits per heavy atom. The second-order valence-corrected chi connectivity index (χ2v) is 4.41. The summed E-state index contributed by atoms with van der Waals surface area (Å²) >= 11 is 4.09. The Bertz CT molecular complexity index is 62.1. The van der Waals surface area contributed by atoms with Crippen molar-refractivity contribution in [1.82, 2.24) is 0 Å². The summed E-state index contributed by atoms with van der Waals surface area (Å²) < 4.78 is 1.64. The monoisotopic (exact) mass is 154 g/mol. The molecule has 0 unspecified atom stereocenters. The maximum absolute atomic E-state index is 2.24. The van der Waals surface area contributed by atoms with Crippen LogP contribution >= 0.6 is 23.5 Å². The van der Waals surface area contributed by atoms with E-state index >= 15 is 0 Å². The summed E-state index contributed by atoms with van der Waals surface area (Å²) in [6.45, 7) is 2.24. The fourth-order valence-electron chi connectivity index (χ4n) is 0.677. The Kier molecular flexibility index (Phi) is 6.91. The zero-order valence-electron chi connectivity index (χ0n) is 6.14.